The van der Waals surface area contributed by atoms with Gasteiger partial charge in [-0.25, -0.2) is 10.1 Å². The van der Waals surface area contributed by atoms with Crippen molar-refractivity contribution in [1.29, 1.82) is 5.26 Å². The molecule has 1 aliphatic carbocycles. The number of aromatic nitrogens is 2. The first-order chi connectivity index (χ1) is 60.9. The third kappa shape index (κ3) is 14.1. The van der Waals surface area contributed by atoms with Gasteiger partial charge in [-0.15, -0.1) is 0 Å². The molecular formula is C108H82N8O8. The molecule has 0 fully saturated rings. The topological polar surface area (TPSA) is 125 Å². The van der Waals surface area contributed by atoms with Crippen molar-refractivity contribution in [1.82, 2.24) is 9.13 Å². The molecular weight excluding hydrogens is 1540 g/mol. The highest BCUT2D eigenvalue weighted by molar-refractivity contribution is 6.14. The lowest BCUT2D eigenvalue weighted by molar-refractivity contribution is 0.414. The molecule has 0 unspecified atom stereocenters. The van der Waals surface area contributed by atoms with E-state index in [1.54, 1.807) is 56.9 Å². The summed E-state index contributed by atoms with van der Waals surface area (Å²) in [7, 11) is 13.4. The minimum atomic E-state index is 0.0230. The predicted molar refractivity (Wildman–Crippen MR) is 501 cm³/mol. The van der Waals surface area contributed by atoms with E-state index in [2.05, 4.69) is 294 Å². The second kappa shape index (κ2) is 33.0. The summed E-state index contributed by atoms with van der Waals surface area (Å²) in [5, 5.41) is 15.0. The average molecular weight is 1620 g/mol. The fourth-order valence-corrected chi connectivity index (χ4v) is 17.2. The molecule has 0 N–H and O–H groups in total. The van der Waals surface area contributed by atoms with Crippen molar-refractivity contribution in [2.45, 2.75) is 0 Å². The van der Waals surface area contributed by atoms with Gasteiger partial charge in [-0.3, -0.25) is 0 Å². The number of ether oxygens (including phenoxy) is 8. The summed E-state index contributed by atoms with van der Waals surface area (Å²) in [6.07, 6.45) is 0. The molecule has 0 aliphatic heterocycles. The van der Waals surface area contributed by atoms with Crippen molar-refractivity contribution in [3.05, 3.63) is 380 Å². The van der Waals surface area contributed by atoms with Crippen LogP contribution >= 0.6 is 0 Å². The average Bonchev–Trinajstić information content (AvgIpc) is 1.59. The van der Waals surface area contributed by atoms with E-state index in [1.807, 2.05) is 97.1 Å². The molecule has 602 valence electrons. The van der Waals surface area contributed by atoms with Crippen LogP contribution in [0.3, 0.4) is 0 Å². The third-order valence-electron chi connectivity index (χ3n) is 23.4. The number of methoxy groups -OCH3 is 8. The lowest BCUT2D eigenvalue weighted by Gasteiger charge is -2.26. The first kappa shape index (κ1) is 77.4. The van der Waals surface area contributed by atoms with Crippen LogP contribution in [0.5, 0.6) is 46.0 Å². The van der Waals surface area contributed by atoms with Gasteiger partial charge >= 0.3 is 0 Å². The summed E-state index contributed by atoms with van der Waals surface area (Å²) in [6, 6.07) is 124. The van der Waals surface area contributed by atoms with Crippen LogP contribution in [0.25, 0.3) is 98.8 Å². The van der Waals surface area contributed by atoms with Crippen LogP contribution in [-0.2, 0) is 0 Å². The maximum atomic E-state index is 10.9. The van der Waals surface area contributed by atoms with E-state index >= 15 is 0 Å². The van der Waals surface area contributed by atoms with E-state index < -0.39 is 0 Å². The van der Waals surface area contributed by atoms with E-state index in [4.69, 9.17) is 44.5 Å². The van der Waals surface area contributed by atoms with Gasteiger partial charge in [0.2, 0.25) is 0 Å². The van der Waals surface area contributed by atoms with Gasteiger partial charge in [-0.2, -0.15) is 0 Å². The summed E-state index contributed by atoms with van der Waals surface area (Å²) in [5.41, 5.74) is 25.3. The minimum Gasteiger partial charge on any atom is -0.497 e. The summed E-state index contributed by atoms with van der Waals surface area (Å²) < 4.78 is 49.8. The molecule has 16 aromatic carbocycles. The van der Waals surface area contributed by atoms with Gasteiger partial charge in [0, 0.05) is 107 Å². The van der Waals surface area contributed by atoms with Crippen molar-refractivity contribution in [2.75, 3.05) is 76.5 Å². The fourth-order valence-electron chi connectivity index (χ4n) is 17.2. The van der Waals surface area contributed by atoms with E-state index in [1.165, 1.54) is 0 Å². The Bertz CT molecular complexity index is 6250. The highest BCUT2D eigenvalue weighted by atomic mass is 16.5. The Labute approximate surface area is 718 Å². The van der Waals surface area contributed by atoms with Gasteiger partial charge in [0.05, 0.1) is 91.6 Å². The van der Waals surface area contributed by atoms with Crippen LogP contribution in [0.15, 0.2) is 358 Å². The lowest BCUT2D eigenvalue weighted by atomic mass is 9.96. The van der Waals surface area contributed by atoms with Crippen LogP contribution in [-0.4, -0.2) is 66.0 Å². The van der Waals surface area contributed by atoms with Crippen LogP contribution in [0.4, 0.5) is 68.2 Å². The maximum Gasteiger partial charge on any atom is 0.270 e. The van der Waals surface area contributed by atoms with Gasteiger partial charge in [-0.05, 0) is 348 Å². The number of anilines is 12. The molecule has 18 aromatic rings. The standard InChI is InChI=1S/C108H82N8O8/c1-110-103(68-109)108-101-62-71(69-10-16-81(17-11-69)115-104-58-36-83(111(73-20-40-87(117-2)41-21-73)74-22-42-88(118-3)43-23-74)64-97(104)98-65-84(37-59-105(98)115)112(75-24-44-89(119-4)45-25-75)76-26-46-90(120-5)47-27-76)14-56-95(101)96-57-15-72(63-102(96)108)70-12-18-82(19-13-70)116-106-60-38-85(113(77-28-48-91(121-6)49-29-77)78-30-50-92(122-7)51-31-78)66-99(106)100-67-86(39-61-107(100)116)114(79-32-52-93(123-8)53-33-79)80-34-54-94(124-9)55-35-80/h10-67H,2-9H3. The van der Waals surface area contributed by atoms with E-state index in [0.717, 1.165) is 214 Å². The highest BCUT2D eigenvalue weighted by Crippen LogP contribution is 2.52. The number of allylic oxidation sites excluding steroid dienone is 1. The first-order valence-electron chi connectivity index (χ1n) is 40.5. The SMILES string of the molecule is [C-]#[N+]C(C#N)=C1c2cc(-c3ccc(-n4c5ccc(N(c6ccc(OC)cc6)c6ccc(OC)cc6)cc5c5cc(N(c6ccc(OC)cc6)c6ccc(OC)cc6)ccc54)cc3)ccc2-c2ccc(-c3ccc(-n4c5ccc(N(c6ccc(OC)cc6)c6ccc(OC)cc6)cc5c5cc(N(c6ccc(OC)cc6)c6ccc(OC)cc6)ccc54)cc3)cc21. The quantitative estimate of drug-likeness (QED) is 0.0421. The molecule has 124 heavy (non-hydrogen) atoms. The Morgan fingerprint density at radius 3 is 0.637 bits per heavy atom. The monoisotopic (exact) mass is 1620 g/mol. The van der Waals surface area contributed by atoms with Crippen molar-refractivity contribution in [2.24, 2.45) is 0 Å². The van der Waals surface area contributed by atoms with Crippen molar-refractivity contribution in [3.8, 4) is 96.8 Å². The Morgan fingerprint density at radius 1 is 0.242 bits per heavy atom. The number of fused-ring (bicyclic) bond motifs is 9. The van der Waals surface area contributed by atoms with Gasteiger partial charge in [0.1, 0.15) is 46.0 Å². The van der Waals surface area contributed by atoms with Gasteiger partial charge in [0.25, 0.3) is 5.70 Å². The summed E-state index contributed by atoms with van der Waals surface area (Å²) >= 11 is 0. The van der Waals surface area contributed by atoms with Crippen molar-refractivity contribution < 1.29 is 37.9 Å². The lowest BCUT2D eigenvalue weighted by Crippen LogP contribution is -2.10. The number of nitriles is 1. The predicted octanol–water partition coefficient (Wildman–Crippen LogP) is 27.3. The Kier molecular flexibility index (Phi) is 20.6. The second-order valence-corrected chi connectivity index (χ2v) is 30.0. The normalized spacial score (nSPS) is 11.4. The minimum absolute atomic E-state index is 0.0230. The Hall–Kier alpha value is -16.6. The highest BCUT2D eigenvalue weighted by Gasteiger charge is 2.30. The van der Waals surface area contributed by atoms with Gasteiger partial charge < -0.3 is 66.6 Å². The maximum absolute atomic E-state index is 10.9. The zero-order chi connectivity index (χ0) is 84.6. The molecule has 16 heteroatoms. The molecule has 2 heterocycles. The molecule has 2 aromatic heterocycles. The number of nitrogens with zero attached hydrogens (tertiary/aromatic N) is 8. The van der Waals surface area contributed by atoms with Crippen LogP contribution in [0, 0.1) is 17.9 Å². The zero-order valence-corrected chi connectivity index (χ0v) is 69.3. The van der Waals surface area contributed by atoms with Crippen molar-refractivity contribution in [3.63, 3.8) is 0 Å². The molecule has 0 bridgehead atoms. The molecule has 0 saturated heterocycles. The molecule has 0 saturated carbocycles. The number of hydrogen-bond donors (Lipinski definition) is 0. The van der Waals surface area contributed by atoms with Crippen LogP contribution in [0.1, 0.15) is 11.1 Å². The Morgan fingerprint density at radius 2 is 0.444 bits per heavy atom. The largest absolute Gasteiger partial charge is 0.497 e. The van der Waals surface area contributed by atoms with Gasteiger partial charge in [-0.1, -0.05) is 48.5 Å². The summed E-state index contributed by atoms with van der Waals surface area (Å²) in [4.78, 5) is 12.9. The number of hydrogen-bond acceptors (Lipinski definition) is 13. The van der Waals surface area contributed by atoms with E-state index in [-0.39, 0.29) is 5.70 Å². The summed E-state index contributed by atoms with van der Waals surface area (Å²) in [5.74, 6) is 6.05. The molecule has 16 nitrogen and oxygen atoms in total. The van der Waals surface area contributed by atoms with Crippen LogP contribution in [0.2, 0.25) is 0 Å². The first-order valence-corrected chi connectivity index (χ1v) is 40.5. The second-order valence-electron chi connectivity index (χ2n) is 30.0. The van der Waals surface area contributed by atoms with Crippen molar-refractivity contribution >= 4 is 117 Å². The number of rotatable bonds is 24. The molecule has 0 spiro atoms. The third-order valence-corrected chi connectivity index (χ3v) is 23.4. The molecule has 0 radical (unpaired) electrons. The zero-order valence-electron chi connectivity index (χ0n) is 69.3. The Balaban J connectivity index is 0.683. The van der Waals surface area contributed by atoms with Gasteiger partial charge in [0.15, 0.2) is 0 Å². The molecule has 19 rings (SSSR count). The van der Waals surface area contributed by atoms with E-state index in [9.17, 15) is 5.26 Å². The smallest absolute Gasteiger partial charge is 0.270 e. The fraction of sp³-hybridized carbons (Fsp3) is 0.0741. The molecule has 1 aliphatic rings. The molecule has 0 amide bonds. The van der Waals surface area contributed by atoms with E-state index in [0.29, 0.717) is 5.57 Å². The number of benzene rings is 16. The molecule has 0 atom stereocenters. The summed E-state index contributed by atoms with van der Waals surface area (Å²) in [6.45, 7) is 8.51. The van der Waals surface area contributed by atoms with Crippen LogP contribution < -0.4 is 57.5 Å².